The monoisotopic (exact) mass is 692 g/mol. The Labute approximate surface area is 256 Å². The van der Waals surface area contributed by atoms with Gasteiger partial charge in [0.2, 0.25) is 0 Å². The van der Waals surface area contributed by atoms with Gasteiger partial charge in [-0.25, -0.2) is 28.9 Å². The van der Waals surface area contributed by atoms with E-state index in [-0.39, 0.29) is 29.7 Å². The SMILES string of the molecule is Nc1ncnc2c1ncn2[C@H]1CC[C@@](CO)(COP(=O)(O)O[C@@H]2C[C@@H](COP(O)(O)=S)O[C@H]2n2cc(F)c3c(=O)[nH]cnc32)O1. The summed E-state index contributed by atoms with van der Waals surface area (Å²) in [5, 5.41) is 9.82. The summed E-state index contributed by atoms with van der Waals surface area (Å²) >= 11 is 4.47. The van der Waals surface area contributed by atoms with Crippen LogP contribution in [0.3, 0.4) is 0 Å². The highest BCUT2D eigenvalue weighted by Gasteiger charge is 2.46. The van der Waals surface area contributed by atoms with Crippen LogP contribution < -0.4 is 11.3 Å². The Morgan fingerprint density at radius 3 is 2.76 bits per heavy atom. The molecule has 4 aromatic rings. The molecular weight excluding hydrogens is 665 g/mol. The van der Waals surface area contributed by atoms with Gasteiger partial charge in [-0.1, -0.05) is 0 Å². The first-order chi connectivity index (χ1) is 21.3. The van der Waals surface area contributed by atoms with Crippen LogP contribution >= 0.6 is 14.5 Å². The number of imidazole rings is 1. The number of aromatic amines is 1. The average molecular weight is 693 g/mol. The topological polar surface area (TPSA) is 264 Å². The van der Waals surface area contributed by atoms with Crippen molar-refractivity contribution in [1.82, 2.24) is 34.1 Å². The van der Waals surface area contributed by atoms with Crippen molar-refractivity contribution in [1.29, 1.82) is 0 Å². The number of ether oxygens (including phenoxy) is 2. The fraction of sp³-hybridized carbons (Fsp3) is 0.500. The van der Waals surface area contributed by atoms with Crippen LogP contribution in [0.25, 0.3) is 22.2 Å². The zero-order chi connectivity index (χ0) is 32.1. The first-order valence-corrected chi connectivity index (χ1v) is 17.4. The Kier molecular flexibility index (Phi) is 8.65. The summed E-state index contributed by atoms with van der Waals surface area (Å²) in [5.74, 6) is -0.769. The molecule has 6 rings (SSSR count). The molecule has 6 atom stereocenters. The van der Waals surface area contributed by atoms with Crippen molar-refractivity contribution in [2.24, 2.45) is 0 Å². The number of nitrogens with two attached hydrogens (primary N) is 1. The van der Waals surface area contributed by atoms with Gasteiger partial charge in [-0.2, -0.15) is 0 Å². The Balaban J connectivity index is 1.19. The van der Waals surface area contributed by atoms with Gasteiger partial charge in [-0.15, -0.1) is 0 Å². The molecule has 0 aliphatic carbocycles. The minimum Gasteiger partial charge on any atom is -0.393 e. The molecule has 19 nitrogen and oxygen atoms in total. The lowest BCUT2D eigenvalue weighted by molar-refractivity contribution is -0.121. The van der Waals surface area contributed by atoms with Crippen LogP contribution in [-0.4, -0.2) is 91.5 Å². The number of halogens is 1. The Morgan fingerprint density at radius 1 is 1.20 bits per heavy atom. The quantitative estimate of drug-likeness (QED) is 0.116. The highest BCUT2D eigenvalue weighted by Crippen LogP contribution is 2.51. The molecule has 0 amide bonds. The van der Waals surface area contributed by atoms with E-state index in [9.17, 15) is 33.5 Å². The minimum absolute atomic E-state index is 0.150. The number of fused-ring (bicyclic) bond motifs is 2. The van der Waals surface area contributed by atoms with Crippen LogP contribution in [0.2, 0.25) is 0 Å². The molecule has 6 heterocycles. The highest BCUT2D eigenvalue weighted by atomic mass is 32.5. The van der Waals surface area contributed by atoms with E-state index in [1.165, 1.54) is 12.7 Å². The fourth-order valence-corrected chi connectivity index (χ4v) is 6.86. The maximum atomic E-state index is 14.7. The molecule has 0 saturated carbocycles. The number of phosphoric ester groups is 1. The van der Waals surface area contributed by atoms with E-state index in [0.717, 1.165) is 17.1 Å². The number of aromatic nitrogens is 7. The van der Waals surface area contributed by atoms with Crippen molar-refractivity contribution in [3.63, 3.8) is 0 Å². The Morgan fingerprint density at radius 2 is 2.00 bits per heavy atom. The number of rotatable bonds is 11. The van der Waals surface area contributed by atoms with Crippen LogP contribution in [0.1, 0.15) is 31.7 Å². The zero-order valence-electron chi connectivity index (χ0n) is 22.9. The first-order valence-electron chi connectivity index (χ1n) is 13.2. The number of nitrogens with one attached hydrogen (secondary N) is 1. The van der Waals surface area contributed by atoms with Gasteiger partial charge in [0.25, 0.3) is 5.56 Å². The van der Waals surface area contributed by atoms with Gasteiger partial charge >= 0.3 is 14.5 Å². The summed E-state index contributed by atoms with van der Waals surface area (Å²) < 4.78 is 58.2. The van der Waals surface area contributed by atoms with Gasteiger partial charge in [-0.05, 0) is 24.6 Å². The normalized spacial score (nSPS) is 27.0. The lowest BCUT2D eigenvalue weighted by Crippen LogP contribution is -2.38. The first kappa shape index (κ1) is 32.2. The van der Waals surface area contributed by atoms with E-state index < -0.39 is 76.0 Å². The van der Waals surface area contributed by atoms with E-state index >= 15 is 0 Å². The van der Waals surface area contributed by atoms with Crippen molar-refractivity contribution < 1.29 is 51.8 Å². The summed E-state index contributed by atoms with van der Waals surface area (Å²) in [6.45, 7) is -5.68. The van der Waals surface area contributed by atoms with Crippen molar-refractivity contribution >= 4 is 54.4 Å². The van der Waals surface area contributed by atoms with Crippen LogP contribution in [0.5, 0.6) is 0 Å². The number of nitrogen functional groups attached to an aromatic ring is 1. The van der Waals surface area contributed by atoms with Crippen molar-refractivity contribution in [2.75, 3.05) is 25.6 Å². The third-order valence-electron chi connectivity index (χ3n) is 7.39. The van der Waals surface area contributed by atoms with E-state index in [2.05, 4.69) is 36.7 Å². The number of aliphatic hydroxyl groups excluding tert-OH is 1. The molecule has 0 aromatic carbocycles. The molecule has 23 heteroatoms. The van der Waals surface area contributed by atoms with E-state index in [1.807, 2.05) is 0 Å². The van der Waals surface area contributed by atoms with Crippen molar-refractivity contribution in [2.45, 2.75) is 49.5 Å². The molecular formula is C22H27FN8O11P2S. The van der Waals surface area contributed by atoms with Crippen LogP contribution in [0.15, 0.2) is 30.0 Å². The highest BCUT2D eigenvalue weighted by molar-refractivity contribution is 8.06. The van der Waals surface area contributed by atoms with Crippen molar-refractivity contribution in [3.05, 3.63) is 41.3 Å². The minimum atomic E-state index is -4.95. The predicted octanol–water partition coefficient (Wildman–Crippen LogP) is 0.341. The molecule has 0 radical (unpaired) electrons. The molecule has 2 aliphatic heterocycles. The smallest absolute Gasteiger partial charge is 0.393 e. The molecule has 4 aromatic heterocycles. The lowest BCUT2D eigenvalue weighted by Gasteiger charge is -2.29. The molecule has 1 unspecified atom stereocenters. The van der Waals surface area contributed by atoms with Crippen LogP contribution in [0.4, 0.5) is 10.2 Å². The molecule has 0 spiro atoms. The summed E-state index contributed by atoms with van der Waals surface area (Å²) in [6, 6.07) is 0. The summed E-state index contributed by atoms with van der Waals surface area (Å²) in [4.78, 5) is 60.4. The number of aliphatic hydroxyl groups is 1. The molecule has 2 fully saturated rings. The second-order valence-corrected chi connectivity index (χ2v) is 14.5. The zero-order valence-corrected chi connectivity index (χ0v) is 25.6. The third kappa shape index (κ3) is 6.57. The Hall–Kier alpha value is -2.78. The average Bonchev–Trinajstić information content (AvgIpc) is 3.76. The number of H-pyrrole nitrogens is 1. The number of nitrogens with zero attached hydrogens (tertiary/aromatic N) is 6. The summed E-state index contributed by atoms with van der Waals surface area (Å²) in [5.41, 5.74) is 4.28. The summed E-state index contributed by atoms with van der Waals surface area (Å²) in [6.07, 6.45) is 0.748. The summed E-state index contributed by atoms with van der Waals surface area (Å²) in [7, 11) is -4.95. The second kappa shape index (κ2) is 12.1. The van der Waals surface area contributed by atoms with Gasteiger partial charge in [0.1, 0.15) is 35.2 Å². The number of hydrogen-bond acceptors (Lipinski definition) is 14. The third-order valence-corrected chi connectivity index (χ3v) is 9.19. The fourth-order valence-electron chi connectivity index (χ4n) is 5.32. The maximum absolute atomic E-state index is 14.7. The largest absolute Gasteiger partial charge is 0.472 e. The molecule has 45 heavy (non-hydrogen) atoms. The van der Waals surface area contributed by atoms with E-state index in [1.54, 1.807) is 4.57 Å². The molecule has 0 bridgehead atoms. The number of hydrogen-bond donors (Lipinski definition) is 6. The second-order valence-electron chi connectivity index (χ2n) is 10.4. The van der Waals surface area contributed by atoms with Gasteiger partial charge in [0, 0.05) is 12.6 Å². The van der Waals surface area contributed by atoms with E-state index in [4.69, 9.17) is 28.8 Å². The molecule has 2 aliphatic rings. The Bertz CT molecular complexity index is 1890. The lowest BCUT2D eigenvalue weighted by atomic mass is 10.0. The predicted molar refractivity (Wildman–Crippen MR) is 153 cm³/mol. The molecule has 7 N–H and O–H groups in total. The van der Waals surface area contributed by atoms with Gasteiger partial charge in [-0.3, -0.25) is 18.4 Å². The van der Waals surface area contributed by atoms with Crippen LogP contribution in [0, 0.1) is 5.82 Å². The standard InChI is InChI=1S/C22H27FN8O11P2S/c23-12-4-30(18-15(12)20(33)28-9-26-18)21-13(3-11(40-21)5-38-44(36,37)45)42-43(34,35)39-7-22(6-32)2-1-14(41-22)31-10-29-16-17(24)25-8-27-19(16)31/h4,8-11,13-14,21,32H,1-3,5-7H2,(H,34,35)(H2,24,25,27)(H,26,28,33)(H2,36,37,45)/t11-,13+,14+,21+,22+/m0/s1. The van der Waals surface area contributed by atoms with E-state index in [0.29, 0.717) is 17.6 Å². The maximum Gasteiger partial charge on any atom is 0.472 e. The van der Waals surface area contributed by atoms with Crippen molar-refractivity contribution in [3.8, 4) is 0 Å². The number of anilines is 1. The van der Waals surface area contributed by atoms with Gasteiger partial charge in [0.15, 0.2) is 29.2 Å². The molecule has 244 valence electrons. The molecule has 2 saturated heterocycles. The van der Waals surface area contributed by atoms with Gasteiger partial charge in [0.05, 0.1) is 38.6 Å². The number of phosphoric acid groups is 1. The van der Waals surface area contributed by atoms with Gasteiger partial charge < -0.3 is 49.1 Å². The van der Waals surface area contributed by atoms with Crippen LogP contribution in [-0.2, 0) is 39.4 Å².